The minimum Gasteiger partial charge on any atom is -0.456 e. The molecule has 1 aromatic heterocycles. The Morgan fingerprint density at radius 2 is 1.87 bits per heavy atom. The summed E-state index contributed by atoms with van der Waals surface area (Å²) >= 11 is 0. The number of aromatic nitrogens is 3. The van der Waals surface area contributed by atoms with Crippen molar-refractivity contribution >= 4 is 5.97 Å². The number of esters is 1. The average molecular weight is 309 g/mol. The van der Waals surface area contributed by atoms with Gasteiger partial charge in [0.15, 0.2) is 0 Å². The number of carbonyl (C=O) groups is 1. The summed E-state index contributed by atoms with van der Waals surface area (Å²) in [4.78, 5) is 13.6. The summed E-state index contributed by atoms with van der Waals surface area (Å²) in [5.41, 5.74) is 2.84. The molecule has 5 nitrogen and oxygen atoms in total. The molecule has 4 rings (SSSR count). The molecule has 118 valence electrons. The Hall–Kier alpha value is -2.43. The molecule has 0 spiro atoms. The molecule has 0 aliphatic heterocycles. The van der Waals surface area contributed by atoms with Crippen molar-refractivity contribution in [2.24, 2.45) is 11.8 Å². The molecule has 2 saturated carbocycles. The predicted molar refractivity (Wildman–Crippen MR) is 84.7 cm³/mol. The molecule has 0 saturated heterocycles. The Morgan fingerprint density at radius 3 is 2.52 bits per heavy atom. The molecule has 2 aliphatic rings. The number of rotatable bonds is 6. The maximum absolute atomic E-state index is 12.0. The van der Waals surface area contributed by atoms with Gasteiger partial charge >= 0.3 is 5.97 Å². The van der Waals surface area contributed by atoms with Crippen molar-refractivity contribution in [3.8, 4) is 5.69 Å². The lowest BCUT2D eigenvalue weighted by atomic mass is 10.1. The molecule has 0 atom stereocenters. The van der Waals surface area contributed by atoms with Crippen LogP contribution < -0.4 is 0 Å². The average Bonchev–Trinajstić information content (AvgIpc) is 3.50. The first-order chi connectivity index (χ1) is 11.3. The molecule has 2 aliphatic carbocycles. The third-order valence-corrected chi connectivity index (χ3v) is 4.27. The molecular weight excluding hydrogens is 290 g/mol. The van der Waals surface area contributed by atoms with E-state index in [1.165, 1.54) is 31.3 Å². The van der Waals surface area contributed by atoms with Gasteiger partial charge < -0.3 is 4.74 Å². The smallest absolute Gasteiger partial charge is 0.331 e. The van der Waals surface area contributed by atoms with Crippen LogP contribution in [0, 0.1) is 11.8 Å². The molecular formula is C18H19N3O2. The number of hydrogen-bond acceptors (Lipinski definition) is 4. The zero-order valence-electron chi connectivity index (χ0n) is 12.9. The summed E-state index contributed by atoms with van der Waals surface area (Å²) in [6, 6.07) is 9.66. The summed E-state index contributed by atoms with van der Waals surface area (Å²) < 4.78 is 5.33. The monoisotopic (exact) mass is 309 g/mol. The van der Waals surface area contributed by atoms with Crippen molar-refractivity contribution in [3.05, 3.63) is 53.9 Å². The molecule has 1 aromatic carbocycles. The molecule has 5 heteroatoms. The van der Waals surface area contributed by atoms with Crippen LogP contribution in [0.25, 0.3) is 5.69 Å². The van der Waals surface area contributed by atoms with Gasteiger partial charge in [-0.2, -0.15) is 9.90 Å². The lowest BCUT2D eigenvalue weighted by Crippen LogP contribution is -2.05. The van der Waals surface area contributed by atoms with E-state index in [1.54, 1.807) is 17.1 Å². The number of para-hydroxylation sites is 1. The van der Waals surface area contributed by atoms with Crippen LogP contribution in [-0.2, 0) is 16.1 Å². The number of carbonyl (C=O) groups excluding carboxylic acids is 1. The van der Waals surface area contributed by atoms with E-state index in [2.05, 4.69) is 10.2 Å². The molecule has 0 amide bonds. The third-order valence-electron chi connectivity index (χ3n) is 4.27. The van der Waals surface area contributed by atoms with E-state index < -0.39 is 0 Å². The van der Waals surface area contributed by atoms with E-state index in [0.717, 1.165) is 5.69 Å². The Bertz CT molecular complexity index is 714. The van der Waals surface area contributed by atoms with Crippen LogP contribution in [0.15, 0.2) is 48.2 Å². The number of hydrogen-bond donors (Lipinski definition) is 0. The lowest BCUT2D eigenvalue weighted by Gasteiger charge is -2.04. The molecule has 1 heterocycles. The van der Waals surface area contributed by atoms with E-state index in [4.69, 9.17) is 4.74 Å². The summed E-state index contributed by atoms with van der Waals surface area (Å²) in [6.07, 6.45) is 8.24. The molecule has 0 N–H and O–H groups in total. The van der Waals surface area contributed by atoms with Gasteiger partial charge in [-0.05, 0) is 49.7 Å². The Balaban J connectivity index is 1.36. The molecule has 2 aromatic rings. The number of nitrogens with zero attached hydrogens (tertiary/aromatic N) is 3. The standard InChI is InChI=1S/C18H19N3O2/c22-18(10-17(13-6-7-13)14-8-9-14)23-12-15-11-19-21(20-15)16-4-2-1-3-5-16/h1-5,10-11,13-14H,6-9,12H2. The van der Waals surface area contributed by atoms with Gasteiger partial charge in [0.2, 0.25) is 0 Å². The fraction of sp³-hybridized carbons (Fsp3) is 0.389. The summed E-state index contributed by atoms with van der Waals surface area (Å²) in [5.74, 6) is 1.01. The van der Waals surface area contributed by atoms with Crippen molar-refractivity contribution in [1.29, 1.82) is 0 Å². The molecule has 2 fully saturated rings. The largest absolute Gasteiger partial charge is 0.456 e. The van der Waals surface area contributed by atoms with Crippen LogP contribution in [-0.4, -0.2) is 21.0 Å². The minimum absolute atomic E-state index is 0.158. The van der Waals surface area contributed by atoms with E-state index >= 15 is 0 Å². The fourth-order valence-electron chi connectivity index (χ4n) is 2.77. The van der Waals surface area contributed by atoms with Crippen molar-refractivity contribution in [2.75, 3.05) is 0 Å². The van der Waals surface area contributed by atoms with Gasteiger partial charge in [-0.15, -0.1) is 5.10 Å². The first kappa shape index (κ1) is 14.2. The molecule has 23 heavy (non-hydrogen) atoms. The SMILES string of the molecule is O=C(C=C(C1CC1)C1CC1)OCc1cnn(-c2ccccc2)n1. The van der Waals surface area contributed by atoms with Gasteiger partial charge in [0.1, 0.15) is 12.3 Å². The topological polar surface area (TPSA) is 57.0 Å². The first-order valence-corrected chi connectivity index (χ1v) is 8.14. The van der Waals surface area contributed by atoms with Crippen LogP contribution in [0.1, 0.15) is 31.4 Å². The van der Waals surface area contributed by atoms with Crippen molar-refractivity contribution in [2.45, 2.75) is 32.3 Å². The maximum atomic E-state index is 12.0. The Kier molecular flexibility index (Phi) is 3.69. The minimum atomic E-state index is -0.256. The highest BCUT2D eigenvalue weighted by atomic mass is 16.5. The summed E-state index contributed by atoms with van der Waals surface area (Å²) in [6.45, 7) is 0.158. The highest BCUT2D eigenvalue weighted by Crippen LogP contribution is 2.48. The second-order valence-electron chi connectivity index (χ2n) is 6.26. The summed E-state index contributed by atoms with van der Waals surface area (Å²) in [7, 11) is 0. The van der Waals surface area contributed by atoms with Gasteiger partial charge in [-0.3, -0.25) is 0 Å². The van der Waals surface area contributed by atoms with Gasteiger partial charge in [0, 0.05) is 6.08 Å². The number of benzene rings is 1. The van der Waals surface area contributed by atoms with Crippen molar-refractivity contribution in [3.63, 3.8) is 0 Å². The van der Waals surface area contributed by atoms with Crippen LogP contribution >= 0.6 is 0 Å². The van der Waals surface area contributed by atoms with E-state index in [-0.39, 0.29) is 12.6 Å². The lowest BCUT2D eigenvalue weighted by molar-refractivity contribution is -0.139. The molecule has 0 unspecified atom stereocenters. The van der Waals surface area contributed by atoms with Gasteiger partial charge in [-0.1, -0.05) is 23.8 Å². The summed E-state index contributed by atoms with van der Waals surface area (Å²) in [5, 5.41) is 8.53. The quantitative estimate of drug-likeness (QED) is 0.608. The second kappa shape index (κ2) is 5.99. The van der Waals surface area contributed by atoms with E-state index in [0.29, 0.717) is 17.5 Å². The fourth-order valence-corrected chi connectivity index (χ4v) is 2.77. The Morgan fingerprint density at radius 1 is 1.17 bits per heavy atom. The van der Waals surface area contributed by atoms with Gasteiger partial charge in [-0.25, -0.2) is 4.79 Å². The van der Waals surface area contributed by atoms with E-state index in [9.17, 15) is 4.79 Å². The highest BCUT2D eigenvalue weighted by Gasteiger charge is 2.36. The maximum Gasteiger partial charge on any atom is 0.331 e. The zero-order valence-corrected chi connectivity index (χ0v) is 12.9. The van der Waals surface area contributed by atoms with Crippen LogP contribution in [0.5, 0.6) is 0 Å². The van der Waals surface area contributed by atoms with Crippen LogP contribution in [0.3, 0.4) is 0 Å². The van der Waals surface area contributed by atoms with E-state index in [1.807, 2.05) is 30.3 Å². The number of allylic oxidation sites excluding steroid dienone is 1. The number of ether oxygens (including phenoxy) is 1. The first-order valence-electron chi connectivity index (χ1n) is 8.14. The highest BCUT2D eigenvalue weighted by molar-refractivity contribution is 5.83. The van der Waals surface area contributed by atoms with Gasteiger partial charge in [0.25, 0.3) is 0 Å². The van der Waals surface area contributed by atoms with Crippen molar-refractivity contribution < 1.29 is 9.53 Å². The third kappa shape index (κ3) is 3.50. The zero-order chi connectivity index (χ0) is 15.6. The second-order valence-corrected chi connectivity index (χ2v) is 6.26. The normalized spacial score (nSPS) is 16.9. The van der Waals surface area contributed by atoms with Crippen molar-refractivity contribution in [1.82, 2.24) is 15.0 Å². The predicted octanol–water partition coefficient (Wildman–Crippen LogP) is 3.06. The van der Waals surface area contributed by atoms with Crippen LogP contribution in [0.2, 0.25) is 0 Å². The molecule has 0 radical (unpaired) electrons. The van der Waals surface area contributed by atoms with Crippen LogP contribution in [0.4, 0.5) is 0 Å². The Labute approximate surface area is 135 Å². The van der Waals surface area contributed by atoms with Gasteiger partial charge in [0.05, 0.1) is 11.9 Å². The molecule has 0 bridgehead atoms.